The average Bonchev–Trinajstić information content (AvgIpc) is 2.40. The Bertz CT molecular complexity index is 521. The third kappa shape index (κ3) is 4.11. The van der Waals surface area contributed by atoms with Gasteiger partial charge >= 0.3 is 0 Å². The number of rotatable bonds is 4. The van der Waals surface area contributed by atoms with E-state index in [0.717, 1.165) is 6.54 Å². The highest BCUT2D eigenvalue weighted by Gasteiger charge is 2.16. The van der Waals surface area contributed by atoms with E-state index in [1.807, 2.05) is 4.90 Å². The minimum Gasteiger partial charge on any atom is -0.399 e. The fourth-order valence-corrected chi connectivity index (χ4v) is 2.22. The summed E-state index contributed by atoms with van der Waals surface area (Å²) < 4.78 is 0. The number of benzene rings is 1. The molecule has 1 saturated heterocycles. The lowest BCUT2D eigenvalue weighted by Crippen LogP contribution is -2.48. The van der Waals surface area contributed by atoms with Crippen molar-refractivity contribution >= 4 is 34.8 Å². The average molecular weight is 297 g/mol. The van der Waals surface area contributed by atoms with E-state index < -0.39 is 0 Å². The van der Waals surface area contributed by atoms with Gasteiger partial charge in [-0.2, -0.15) is 0 Å². The highest BCUT2D eigenvalue weighted by atomic mass is 35.5. The van der Waals surface area contributed by atoms with Crippen molar-refractivity contribution in [3.8, 4) is 0 Å². The Morgan fingerprint density at radius 2 is 2.30 bits per heavy atom. The molecule has 108 valence electrons. The summed E-state index contributed by atoms with van der Waals surface area (Å²) in [4.78, 5) is 25.0. The van der Waals surface area contributed by atoms with Crippen molar-refractivity contribution in [2.75, 3.05) is 37.2 Å². The lowest BCUT2D eigenvalue weighted by Gasteiger charge is -2.26. The molecule has 0 aromatic heterocycles. The molecule has 2 rings (SSSR count). The Kier molecular flexibility index (Phi) is 4.81. The zero-order valence-corrected chi connectivity index (χ0v) is 11.7. The van der Waals surface area contributed by atoms with E-state index in [-0.39, 0.29) is 11.8 Å². The normalized spacial score (nSPS) is 15.8. The van der Waals surface area contributed by atoms with Gasteiger partial charge in [-0.15, -0.1) is 0 Å². The van der Waals surface area contributed by atoms with E-state index in [9.17, 15) is 9.59 Å². The maximum Gasteiger partial charge on any atom is 0.234 e. The zero-order chi connectivity index (χ0) is 14.5. The van der Waals surface area contributed by atoms with E-state index in [1.54, 1.807) is 18.2 Å². The summed E-state index contributed by atoms with van der Waals surface area (Å²) in [5.41, 5.74) is 6.68. The number of carbonyl (C=O) groups excluding carboxylic acids is 2. The summed E-state index contributed by atoms with van der Waals surface area (Å²) in [6.07, 6.45) is 0.313. The maximum absolute atomic E-state index is 11.8. The van der Waals surface area contributed by atoms with Crippen LogP contribution in [0.3, 0.4) is 0 Å². The van der Waals surface area contributed by atoms with Crippen molar-refractivity contribution in [3.63, 3.8) is 0 Å². The predicted octanol–water partition coefficient (Wildman–Crippen LogP) is 0.683. The van der Waals surface area contributed by atoms with Crippen molar-refractivity contribution < 1.29 is 9.59 Å². The van der Waals surface area contributed by atoms with E-state index >= 15 is 0 Å². The van der Waals surface area contributed by atoms with Crippen LogP contribution in [0, 0.1) is 0 Å². The van der Waals surface area contributed by atoms with E-state index in [1.165, 1.54) is 0 Å². The number of nitrogens with one attached hydrogen (secondary N) is 2. The Balaban J connectivity index is 1.81. The molecule has 6 nitrogen and oxygen atoms in total. The van der Waals surface area contributed by atoms with Crippen LogP contribution in [0.2, 0.25) is 5.02 Å². The number of piperazine rings is 1. The summed E-state index contributed by atoms with van der Waals surface area (Å²) >= 11 is 5.98. The molecule has 1 heterocycles. The topological polar surface area (TPSA) is 87.5 Å². The van der Waals surface area contributed by atoms with Crippen LogP contribution in [0.4, 0.5) is 11.4 Å². The number of nitrogens with zero attached hydrogens (tertiary/aromatic N) is 1. The largest absolute Gasteiger partial charge is 0.399 e. The monoisotopic (exact) mass is 296 g/mol. The first-order chi connectivity index (χ1) is 9.54. The zero-order valence-electron chi connectivity index (χ0n) is 11.0. The second kappa shape index (κ2) is 6.58. The van der Waals surface area contributed by atoms with Gasteiger partial charge in [-0.05, 0) is 18.2 Å². The van der Waals surface area contributed by atoms with Gasteiger partial charge in [0.05, 0.1) is 17.3 Å². The molecule has 1 aromatic rings. The number of hydrogen-bond donors (Lipinski definition) is 3. The van der Waals surface area contributed by atoms with Crippen LogP contribution in [0.1, 0.15) is 6.42 Å². The molecular formula is C13H17ClN4O2. The number of carbonyl (C=O) groups is 2. The number of nitrogens with two attached hydrogens (primary N) is 1. The first-order valence-corrected chi connectivity index (χ1v) is 6.76. The molecule has 1 aliphatic heterocycles. The van der Waals surface area contributed by atoms with Gasteiger partial charge in [0, 0.05) is 31.7 Å². The molecule has 20 heavy (non-hydrogen) atoms. The van der Waals surface area contributed by atoms with Crippen LogP contribution in [0.25, 0.3) is 0 Å². The second-order valence-electron chi connectivity index (χ2n) is 4.66. The second-order valence-corrected chi connectivity index (χ2v) is 5.07. The first-order valence-electron chi connectivity index (χ1n) is 6.38. The van der Waals surface area contributed by atoms with Gasteiger partial charge in [0.15, 0.2) is 0 Å². The van der Waals surface area contributed by atoms with Crippen LogP contribution in [0.15, 0.2) is 18.2 Å². The van der Waals surface area contributed by atoms with E-state index in [4.69, 9.17) is 17.3 Å². The molecule has 0 bridgehead atoms. The number of nitrogen functional groups attached to an aromatic ring is 1. The molecule has 0 saturated carbocycles. The fraction of sp³-hybridized carbons (Fsp3) is 0.385. The fourth-order valence-electron chi connectivity index (χ4n) is 1.99. The van der Waals surface area contributed by atoms with Crippen LogP contribution in [-0.2, 0) is 9.59 Å². The quantitative estimate of drug-likeness (QED) is 0.713. The summed E-state index contributed by atoms with van der Waals surface area (Å²) in [5.74, 6) is -0.138. The van der Waals surface area contributed by atoms with E-state index in [2.05, 4.69) is 10.6 Å². The molecule has 0 radical (unpaired) electrons. The summed E-state index contributed by atoms with van der Waals surface area (Å²) in [5, 5.41) is 5.89. The lowest BCUT2D eigenvalue weighted by molar-refractivity contribution is -0.125. The van der Waals surface area contributed by atoms with Crippen molar-refractivity contribution in [2.45, 2.75) is 6.42 Å². The van der Waals surface area contributed by atoms with Gasteiger partial charge < -0.3 is 16.4 Å². The number of hydrogen-bond acceptors (Lipinski definition) is 4. The van der Waals surface area contributed by atoms with Crippen molar-refractivity contribution in [2.24, 2.45) is 0 Å². The molecule has 0 atom stereocenters. The Morgan fingerprint density at radius 3 is 3.00 bits per heavy atom. The molecule has 4 N–H and O–H groups in total. The van der Waals surface area contributed by atoms with Gasteiger partial charge in [0.25, 0.3) is 0 Å². The molecule has 1 aromatic carbocycles. The Labute approximate surface area is 122 Å². The molecule has 2 amide bonds. The summed E-state index contributed by atoms with van der Waals surface area (Å²) in [7, 11) is 0. The molecule has 0 unspecified atom stereocenters. The molecule has 1 fully saturated rings. The highest BCUT2D eigenvalue weighted by molar-refractivity contribution is 6.34. The van der Waals surface area contributed by atoms with E-state index in [0.29, 0.717) is 42.5 Å². The third-order valence-corrected chi connectivity index (χ3v) is 3.35. The minimum absolute atomic E-state index is 0.00163. The highest BCUT2D eigenvalue weighted by Crippen LogP contribution is 2.24. The smallest absolute Gasteiger partial charge is 0.234 e. The summed E-state index contributed by atoms with van der Waals surface area (Å²) in [6, 6.07) is 4.94. The number of anilines is 2. The van der Waals surface area contributed by atoms with Crippen molar-refractivity contribution in [3.05, 3.63) is 23.2 Å². The standard InChI is InChI=1S/C13H17ClN4O2/c14-10-7-9(15)1-2-11(10)17-12(19)3-5-18-6-4-16-13(20)8-18/h1-2,7H,3-6,8,15H2,(H,16,20)(H,17,19). The number of halogens is 1. The van der Waals surface area contributed by atoms with Crippen LogP contribution in [0.5, 0.6) is 0 Å². The molecule has 7 heteroatoms. The molecular weight excluding hydrogens is 280 g/mol. The van der Waals surface area contributed by atoms with Crippen molar-refractivity contribution in [1.29, 1.82) is 0 Å². The van der Waals surface area contributed by atoms with Gasteiger partial charge in [0.2, 0.25) is 11.8 Å². The third-order valence-electron chi connectivity index (χ3n) is 3.04. The van der Waals surface area contributed by atoms with Gasteiger partial charge in [-0.1, -0.05) is 11.6 Å². The first kappa shape index (κ1) is 14.6. The van der Waals surface area contributed by atoms with Crippen LogP contribution >= 0.6 is 11.6 Å². The number of amides is 2. The lowest BCUT2D eigenvalue weighted by atomic mass is 10.2. The molecule has 0 aliphatic carbocycles. The van der Waals surface area contributed by atoms with Crippen LogP contribution in [-0.4, -0.2) is 42.9 Å². The molecule has 1 aliphatic rings. The Morgan fingerprint density at radius 1 is 1.50 bits per heavy atom. The van der Waals surface area contributed by atoms with Crippen molar-refractivity contribution in [1.82, 2.24) is 10.2 Å². The maximum atomic E-state index is 11.8. The molecule has 0 spiro atoms. The summed E-state index contributed by atoms with van der Waals surface area (Å²) in [6.45, 7) is 2.29. The predicted molar refractivity (Wildman–Crippen MR) is 78.6 cm³/mol. The Hall–Kier alpha value is -1.79. The van der Waals surface area contributed by atoms with Gasteiger partial charge in [-0.25, -0.2) is 0 Å². The van der Waals surface area contributed by atoms with Gasteiger partial charge in [0.1, 0.15) is 0 Å². The SMILES string of the molecule is Nc1ccc(NC(=O)CCN2CCNC(=O)C2)c(Cl)c1. The van der Waals surface area contributed by atoms with Crippen LogP contribution < -0.4 is 16.4 Å². The minimum atomic E-state index is -0.136. The van der Waals surface area contributed by atoms with Gasteiger partial charge in [-0.3, -0.25) is 14.5 Å².